The molecule has 2 heterocycles. The van der Waals surface area contributed by atoms with E-state index in [9.17, 15) is 8.60 Å². The molecule has 1 aromatic heterocycles. The van der Waals surface area contributed by atoms with Crippen LogP contribution in [0.3, 0.4) is 0 Å². The maximum atomic E-state index is 13.9. The fraction of sp³-hybridized carbons (Fsp3) is 0.348. The smallest absolute Gasteiger partial charge is 0.146 e. The molecule has 4 rings (SSSR count). The third-order valence-corrected chi connectivity index (χ3v) is 6.60. The van der Waals surface area contributed by atoms with Gasteiger partial charge in [-0.15, -0.1) is 0 Å². The lowest BCUT2D eigenvalue weighted by Crippen LogP contribution is -2.16. The van der Waals surface area contributed by atoms with Crippen LogP contribution in [0.25, 0.3) is 10.9 Å². The first-order chi connectivity index (χ1) is 15.8. The SMILES string of the molecule is COCC=S(C)(=O)Nc1cc(C)c2c(Nc3ccc(F)cc3OC3CCOC3)ncnc2c1. The number of rotatable bonds is 8. The van der Waals surface area contributed by atoms with Crippen LogP contribution in [0.1, 0.15) is 12.0 Å². The number of fused-ring (bicyclic) bond motifs is 1. The maximum Gasteiger partial charge on any atom is 0.146 e. The molecule has 2 unspecified atom stereocenters. The van der Waals surface area contributed by atoms with Gasteiger partial charge in [0.25, 0.3) is 0 Å². The van der Waals surface area contributed by atoms with Gasteiger partial charge in [0.05, 0.1) is 31.0 Å². The molecule has 1 saturated heterocycles. The fourth-order valence-corrected chi connectivity index (χ4v) is 4.69. The Morgan fingerprint density at radius 1 is 1.30 bits per heavy atom. The van der Waals surface area contributed by atoms with Gasteiger partial charge in [0.15, 0.2) is 0 Å². The van der Waals surface area contributed by atoms with Crippen molar-refractivity contribution in [2.45, 2.75) is 19.4 Å². The highest BCUT2D eigenvalue weighted by Crippen LogP contribution is 2.34. The highest BCUT2D eigenvalue weighted by molar-refractivity contribution is 8.01. The first-order valence-corrected chi connectivity index (χ1v) is 12.5. The highest BCUT2D eigenvalue weighted by atomic mass is 32.2. The summed E-state index contributed by atoms with van der Waals surface area (Å²) in [6.07, 6.45) is 3.69. The van der Waals surface area contributed by atoms with Crippen LogP contribution in [-0.2, 0) is 19.2 Å². The Kier molecular flexibility index (Phi) is 6.96. The van der Waals surface area contributed by atoms with Crippen LogP contribution in [0.5, 0.6) is 5.75 Å². The van der Waals surface area contributed by atoms with Gasteiger partial charge in [-0.2, -0.15) is 0 Å². The zero-order valence-corrected chi connectivity index (χ0v) is 19.6. The standard InChI is InChI=1S/C23H27FN4O4S/c1-15-10-17(28-33(3,29)9-8-30-2)12-20-22(15)23(26-14-25-20)27-19-5-4-16(24)11-21(19)32-18-6-7-31-13-18/h4-5,9-12,14,18H,6-8,13H2,1-3H3,(H,28,29)(H,25,26,27). The zero-order chi connectivity index (χ0) is 23.4. The summed E-state index contributed by atoms with van der Waals surface area (Å²) < 4.78 is 46.0. The van der Waals surface area contributed by atoms with Crippen molar-refractivity contribution in [2.24, 2.45) is 0 Å². The van der Waals surface area contributed by atoms with Crippen LogP contribution < -0.4 is 14.8 Å². The Morgan fingerprint density at radius 2 is 2.15 bits per heavy atom. The first-order valence-electron chi connectivity index (χ1n) is 10.5. The molecule has 10 heteroatoms. The molecule has 2 N–H and O–H groups in total. The van der Waals surface area contributed by atoms with Gasteiger partial charge in [-0.1, -0.05) is 0 Å². The average molecular weight is 475 g/mol. The molecule has 176 valence electrons. The van der Waals surface area contributed by atoms with E-state index in [2.05, 4.69) is 20.0 Å². The van der Waals surface area contributed by atoms with Gasteiger partial charge < -0.3 is 24.2 Å². The summed E-state index contributed by atoms with van der Waals surface area (Å²) in [4.78, 5) is 8.80. The largest absolute Gasteiger partial charge is 0.486 e. The van der Waals surface area contributed by atoms with Crippen molar-refractivity contribution in [3.8, 4) is 5.75 Å². The van der Waals surface area contributed by atoms with Gasteiger partial charge in [-0.05, 0) is 36.8 Å². The Morgan fingerprint density at radius 3 is 2.91 bits per heavy atom. The zero-order valence-electron chi connectivity index (χ0n) is 18.8. The van der Waals surface area contributed by atoms with Crippen molar-refractivity contribution in [1.82, 2.24) is 9.97 Å². The second kappa shape index (κ2) is 9.90. The molecule has 2 atom stereocenters. The number of anilines is 3. The number of nitrogens with one attached hydrogen (secondary N) is 2. The number of benzene rings is 2. The third kappa shape index (κ3) is 5.70. The predicted molar refractivity (Wildman–Crippen MR) is 129 cm³/mol. The van der Waals surface area contributed by atoms with E-state index in [4.69, 9.17) is 14.2 Å². The molecule has 1 fully saturated rings. The summed E-state index contributed by atoms with van der Waals surface area (Å²) >= 11 is 0. The number of ether oxygens (including phenoxy) is 3. The Labute approximate surface area is 192 Å². The van der Waals surface area contributed by atoms with E-state index in [1.807, 2.05) is 19.1 Å². The van der Waals surface area contributed by atoms with Crippen LogP contribution in [-0.4, -0.2) is 58.8 Å². The number of hydrogen-bond donors (Lipinski definition) is 2. The van der Waals surface area contributed by atoms with E-state index in [-0.39, 0.29) is 18.5 Å². The summed E-state index contributed by atoms with van der Waals surface area (Å²) in [7, 11) is -0.881. The lowest BCUT2D eigenvalue weighted by atomic mass is 10.1. The quantitative estimate of drug-likeness (QED) is 0.481. The number of aromatic nitrogens is 2. The minimum atomic E-state index is -2.43. The number of aryl methyl sites for hydroxylation is 1. The van der Waals surface area contributed by atoms with Crippen molar-refractivity contribution < 1.29 is 22.8 Å². The molecule has 0 bridgehead atoms. The first kappa shape index (κ1) is 23.2. The second-order valence-electron chi connectivity index (χ2n) is 7.91. The van der Waals surface area contributed by atoms with Crippen LogP contribution in [0.15, 0.2) is 36.7 Å². The topological polar surface area (TPSA) is 94.6 Å². The molecular formula is C23H27FN4O4S. The van der Waals surface area contributed by atoms with E-state index in [0.29, 0.717) is 41.7 Å². The fourth-order valence-electron chi connectivity index (χ4n) is 3.63. The van der Waals surface area contributed by atoms with Crippen LogP contribution in [0, 0.1) is 12.7 Å². The maximum absolute atomic E-state index is 13.9. The number of halogens is 1. The molecule has 0 amide bonds. The summed E-state index contributed by atoms with van der Waals surface area (Å²) in [5.74, 6) is 0.571. The highest BCUT2D eigenvalue weighted by Gasteiger charge is 2.20. The average Bonchev–Trinajstić information content (AvgIpc) is 3.27. The van der Waals surface area contributed by atoms with Crippen LogP contribution >= 0.6 is 0 Å². The molecule has 0 radical (unpaired) electrons. The summed E-state index contributed by atoms with van der Waals surface area (Å²) in [5, 5.41) is 5.67. The normalized spacial score (nSPS) is 17.5. The monoisotopic (exact) mass is 474 g/mol. The van der Waals surface area contributed by atoms with Crippen molar-refractivity contribution in [3.63, 3.8) is 0 Å². The lowest BCUT2D eigenvalue weighted by Gasteiger charge is -2.18. The molecule has 2 aromatic carbocycles. The van der Waals surface area contributed by atoms with E-state index in [0.717, 1.165) is 17.4 Å². The number of nitrogens with zero attached hydrogens (tertiary/aromatic N) is 2. The Bertz CT molecular complexity index is 1270. The molecular weight excluding hydrogens is 447 g/mol. The summed E-state index contributed by atoms with van der Waals surface area (Å²) in [6, 6.07) is 8.05. The molecule has 33 heavy (non-hydrogen) atoms. The Hall–Kier alpha value is -2.95. The van der Waals surface area contributed by atoms with Crippen LogP contribution in [0.2, 0.25) is 0 Å². The molecule has 8 nitrogen and oxygen atoms in total. The van der Waals surface area contributed by atoms with Gasteiger partial charge in [-0.3, -0.25) is 0 Å². The van der Waals surface area contributed by atoms with Crippen molar-refractivity contribution in [2.75, 3.05) is 43.2 Å². The lowest BCUT2D eigenvalue weighted by molar-refractivity contribution is 0.141. The van der Waals surface area contributed by atoms with Gasteiger partial charge >= 0.3 is 0 Å². The minimum Gasteiger partial charge on any atom is -0.486 e. The van der Waals surface area contributed by atoms with Gasteiger partial charge in [0, 0.05) is 52.0 Å². The minimum absolute atomic E-state index is 0.122. The summed E-state index contributed by atoms with van der Waals surface area (Å²) in [6.45, 7) is 3.31. The Balaban J connectivity index is 1.66. The van der Waals surface area contributed by atoms with Crippen molar-refractivity contribution in [1.29, 1.82) is 0 Å². The molecule has 0 saturated carbocycles. The number of hydrogen-bond acceptors (Lipinski definition) is 7. The van der Waals surface area contributed by atoms with E-state index < -0.39 is 9.71 Å². The predicted octanol–water partition coefficient (Wildman–Crippen LogP) is 3.68. The van der Waals surface area contributed by atoms with Crippen molar-refractivity contribution >= 4 is 43.2 Å². The van der Waals surface area contributed by atoms with E-state index in [1.54, 1.807) is 24.8 Å². The molecule has 0 spiro atoms. The molecule has 1 aliphatic rings. The van der Waals surface area contributed by atoms with Crippen molar-refractivity contribution in [3.05, 3.63) is 48.0 Å². The van der Waals surface area contributed by atoms with E-state index in [1.165, 1.54) is 18.5 Å². The third-order valence-electron chi connectivity index (χ3n) is 5.19. The van der Waals surface area contributed by atoms with Gasteiger partial charge in [0.1, 0.15) is 29.8 Å². The van der Waals surface area contributed by atoms with Gasteiger partial charge in [-0.25, -0.2) is 18.6 Å². The van der Waals surface area contributed by atoms with Gasteiger partial charge in [0.2, 0.25) is 0 Å². The second-order valence-corrected chi connectivity index (χ2v) is 10.3. The number of methoxy groups -OCH3 is 1. The molecule has 1 aliphatic heterocycles. The molecule has 0 aliphatic carbocycles. The van der Waals surface area contributed by atoms with Crippen LogP contribution in [0.4, 0.5) is 21.6 Å². The molecule has 3 aromatic rings. The summed E-state index contributed by atoms with van der Waals surface area (Å²) in [5.41, 5.74) is 2.83. The van der Waals surface area contributed by atoms with E-state index >= 15 is 0 Å².